The van der Waals surface area contributed by atoms with Gasteiger partial charge in [0.1, 0.15) is 23.8 Å². The summed E-state index contributed by atoms with van der Waals surface area (Å²) in [4.78, 5) is 0. The number of alkyl halides is 1. The zero-order chi connectivity index (χ0) is 13.3. The van der Waals surface area contributed by atoms with E-state index in [9.17, 15) is 4.39 Å². The third-order valence-electron chi connectivity index (χ3n) is 2.79. The zero-order valence-corrected chi connectivity index (χ0v) is 12.7. The zero-order valence-electron chi connectivity index (χ0n) is 9.63. The van der Waals surface area contributed by atoms with Crippen LogP contribution in [0.4, 0.5) is 4.39 Å². The minimum Gasteiger partial charge on any atom is -0.486 e. The van der Waals surface area contributed by atoms with Crippen LogP contribution in [0.3, 0.4) is 0 Å². The van der Waals surface area contributed by atoms with E-state index in [1.165, 1.54) is 12.1 Å². The van der Waals surface area contributed by atoms with Crippen molar-refractivity contribution in [2.75, 3.05) is 6.61 Å². The first-order chi connectivity index (χ1) is 8.52. The predicted molar refractivity (Wildman–Crippen MR) is 73.2 cm³/mol. The lowest BCUT2D eigenvalue weighted by Gasteiger charge is -2.40. The summed E-state index contributed by atoms with van der Waals surface area (Å²) in [6.07, 6.45) is 0.384. The Hall–Kier alpha value is -0.0300. The van der Waals surface area contributed by atoms with Crippen molar-refractivity contribution >= 4 is 39.1 Å². The SMILES string of the molecule is CCOC1C(Cl)CC1Oc1cc(F)c(Cl)cc1Br. The molecule has 0 heterocycles. The molecule has 0 N–H and O–H groups in total. The average molecular weight is 358 g/mol. The number of hydrogen-bond acceptors (Lipinski definition) is 2. The second-order valence-electron chi connectivity index (χ2n) is 4.02. The van der Waals surface area contributed by atoms with Gasteiger partial charge in [0.15, 0.2) is 0 Å². The maximum atomic E-state index is 13.4. The summed E-state index contributed by atoms with van der Waals surface area (Å²) in [5.41, 5.74) is 0. The van der Waals surface area contributed by atoms with Gasteiger partial charge >= 0.3 is 0 Å². The van der Waals surface area contributed by atoms with Gasteiger partial charge in [-0.15, -0.1) is 11.6 Å². The van der Waals surface area contributed by atoms with Crippen molar-refractivity contribution in [3.8, 4) is 5.75 Å². The van der Waals surface area contributed by atoms with Gasteiger partial charge in [0, 0.05) is 19.1 Å². The highest BCUT2D eigenvalue weighted by molar-refractivity contribution is 9.10. The Kier molecular flexibility index (Phi) is 4.75. The second-order valence-corrected chi connectivity index (χ2v) is 5.85. The molecule has 1 aliphatic carbocycles. The minimum absolute atomic E-state index is 0.0501. The molecule has 0 spiro atoms. The quantitative estimate of drug-likeness (QED) is 0.587. The van der Waals surface area contributed by atoms with Gasteiger partial charge in [-0.2, -0.15) is 0 Å². The average Bonchev–Trinajstić information content (AvgIpc) is 2.32. The highest BCUT2D eigenvalue weighted by atomic mass is 79.9. The van der Waals surface area contributed by atoms with Gasteiger partial charge < -0.3 is 9.47 Å². The molecule has 0 aliphatic heterocycles. The van der Waals surface area contributed by atoms with E-state index in [2.05, 4.69) is 15.9 Å². The van der Waals surface area contributed by atoms with E-state index in [0.717, 1.165) is 0 Å². The predicted octanol–water partition coefficient (Wildman–Crippen LogP) is 4.41. The van der Waals surface area contributed by atoms with Crippen LogP contribution in [0, 0.1) is 5.82 Å². The van der Waals surface area contributed by atoms with Crippen molar-refractivity contribution in [1.82, 2.24) is 0 Å². The van der Waals surface area contributed by atoms with E-state index in [-0.39, 0.29) is 22.6 Å². The summed E-state index contributed by atoms with van der Waals surface area (Å²) in [6.45, 7) is 2.47. The van der Waals surface area contributed by atoms with Crippen LogP contribution >= 0.6 is 39.1 Å². The van der Waals surface area contributed by atoms with Crippen LogP contribution in [0.25, 0.3) is 0 Å². The molecular formula is C12H12BrCl2FO2. The van der Waals surface area contributed by atoms with Gasteiger partial charge in [0.2, 0.25) is 0 Å². The Morgan fingerprint density at radius 1 is 1.50 bits per heavy atom. The molecule has 1 fully saturated rings. The largest absolute Gasteiger partial charge is 0.486 e. The van der Waals surface area contributed by atoms with E-state index in [1.807, 2.05) is 6.92 Å². The topological polar surface area (TPSA) is 18.5 Å². The van der Waals surface area contributed by atoms with Gasteiger partial charge in [0.25, 0.3) is 0 Å². The standard InChI is InChI=1S/C12H12BrCl2FO2/c1-2-17-12-8(15)4-11(12)18-10-5-9(16)7(14)3-6(10)13/h3,5,8,11-12H,2,4H2,1H3. The molecule has 2 rings (SSSR count). The van der Waals surface area contributed by atoms with Crippen LogP contribution in [0.2, 0.25) is 5.02 Å². The van der Waals surface area contributed by atoms with Gasteiger partial charge in [-0.25, -0.2) is 4.39 Å². The highest BCUT2D eigenvalue weighted by Gasteiger charge is 2.42. The Morgan fingerprint density at radius 2 is 2.22 bits per heavy atom. The highest BCUT2D eigenvalue weighted by Crippen LogP contribution is 2.37. The summed E-state index contributed by atoms with van der Waals surface area (Å²) in [7, 11) is 0. The monoisotopic (exact) mass is 356 g/mol. The van der Waals surface area contributed by atoms with Crippen LogP contribution in [0.15, 0.2) is 16.6 Å². The maximum Gasteiger partial charge on any atom is 0.145 e. The first-order valence-electron chi connectivity index (χ1n) is 5.59. The van der Waals surface area contributed by atoms with E-state index >= 15 is 0 Å². The lowest BCUT2D eigenvalue weighted by atomic mass is 9.91. The van der Waals surface area contributed by atoms with Crippen molar-refractivity contribution in [3.05, 3.63) is 27.4 Å². The molecule has 0 bridgehead atoms. The van der Waals surface area contributed by atoms with Gasteiger partial charge in [-0.05, 0) is 28.9 Å². The molecule has 1 saturated carbocycles. The first-order valence-corrected chi connectivity index (χ1v) is 7.20. The summed E-state index contributed by atoms with van der Waals surface area (Å²) in [6, 6.07) is 2.73. The molecule has 1 aromatic rings. The Labute approximate surface area is 123 Å². The molecular weight excluding hydrogens is 346 g/mol. The van der Waals surface area contributed by atoms with Gasteiger partial charge in [0.05, 0.1) is 14.9 Å². The van der Waals surface area contributed by atoms with Gasteiger partial charge in [-0.3, -0.25) is 0 Å². The summed E-state index contributed by atoms with van der Waals surface area (Å²) in [5.74, 6) is -0.0975. The Balaban J connectivity index is 2.08. The van der Waals surface area contributed by atoms with E-state index in [4.69, 9.17) is 32.7 Å². The van der Waals surface area contributed by atoms with Crippen molar-refractivity contribution in [2.45, 2.75) is 30.9 Å². The van der Waals surface area contributed by atoms with Crippen LogP contribution < -0.4 is 4.74 Å². The molecule has 3 unspecified atom stereocenters. The molecule has 3 atom stereocenters. The van der Waals surface area contributed by atoms with Crippen molar-refractivity contribution in [3.63, 3.8) is 0 Å². The third kappa shape index (κ3) is 2.93. The van der Waals surface area contributed by atoms with E-state index in [0.29, 0.717) is 23.2 Å². The molecule has 18 heavy (non-hydrogen) atoms. The number of benzene rings is 1. The Morgan fingerprint density at radius 3 is 2.83 bits per heavy atom. The fourth-order valence-corrected chi connectivity index (χ4v) is 2.95. The lowest BCUT2D eigenvalue weighted by molar-refractivity contribution is -0.0762. The van der Waals surface area contributed by atoms with Crippen LogP contribution in [0.1, 0.15) is 13.3 Å². The lowest BCUT2D eigenvalue weighted by Crippen LogP contribution is -2.52. The second kappa shape index (κ2) is 5.95. The molecule has 0 aromatic heterocycles. The fourth-order valence-electron chi connectivity index (χ4n) is 1.80. The van der Waals surface area contributed by atoms with Crippen molar-refractivity contribution in [2.24, 2.45) is 0 Å². The fraction of sp³-hybridized carbons (Fsp3) is 0.500. The molecule has 1 aliphatic rings. The number of hydrogen-bond donors (Lipinski definition) is 0. The molecule has 0 amide bonds. The molecule has 100 valence electrons. The molecule has 0 saturated heterocycles. The van der Waals surface area contributed by atoms with E-state index < -0.39 is 5.82 Å². The number of ether oxygens (including phenoxy) is 2. The molecule has 1 aromatic carbocycles. The number of rotatable bonds is 4. The Bertz CT molecular complexity index is 444. The summed E-state index contributed by atoms with van der Waals surface area (Å²) < 4.78 is 25.2. The van der Waals surface area contributed by atoms with Crippen LogP contribution in [-0.2, 0) is 4.74 Å². The maximum absolute atomic E-state index is 13.4. The molecule has 2 nitrogen and oxygen atoms in total. The van der Waals surface area contributed by atoms with Crippen molar-refractivity contribution in [1.29, 1.82) is 0 Å². The van der Waals surface area contributed by atoms with Crippen LogP contribution in [-0.4, -0.2) is 24.2 Å². The number of halogens is 4. The van der Waals surface area contributed by atoms with Crippen LogP contribution in [0.5, 0.6) is 5.75 Å². The third-order valence-corrected chi connectivity index (χ3v) is 4.13. The molecule has 6 heteroatoms. The smallest absolute Gasteiger partial charge is 0.145 e. The van der Waals surface area contributed by atoms with E-state index in [1.54, 1.807) is 0 Å². The van der Waals surface area contributed by atoms with Crippen molar-refractivity contribution < 1.29 is 13.9 Å². The normalized spacial score (nSPS) is 26.8. The minimum atomic E-state index is -0.510. The summed E-state index contributed by atoms with van der Waals surface area (Å²) >= 11 is 15.0. The summed E-state index contributed by atoms with van der Waals surface area (Å²) in [5, 5.41) is 0.00489. The van der Waals surface area contributed by atoms with Gasteiger partial charge in [-0.1, -0.05) is 11.6 Å². The molecule has 0 radical (unpaired) electrons. The first kappa shape index (κ1) is 14.4.